The quantitative estimate of drug-likeness (QED) is 0.515. The van der Waals surface area contributed by atoms with Gasteiger partial charge in [-0.05, 0) is 24.8 Å². The lowest BCUT2D eigenvalue weighted by Crippen LogP contribution is -2.23. The zero-order valence-corrected chi connectivity index (χ0v) is 7.18. The molecule has 1 aliphatic heterocycles. The third-order valence-electron chi connectivity index (χ3n) is 3.93. The van der Waals surface area contributed by atoms with Crippen LogP contribution in [0.25, 0.3) is 0 Å². The van der Waals surface area contributed by atoms with Crippen LogP contribution in [0.1, 0.15) is 26.7 Å². The maximum absolute atomic E-state index is 5.70. The van der Waals surface area contributed by atoms with E-state index < -0.39 is 0 Å². The van der Waals surface area contributed by atoms with Gasteiger partial charge in [0, 0.05) is 10.8 Å². The lowest BCUT2D eigenvalue weighted by atomic mass is 9.77. The molecule has 0 aromatic heterocycles. The Labute approximate surface area is 67.4 Å². The van der Waals surface area contributed by atoms with Crippen LogP contribution in [0, 0.1) is 16.7 Å². The Bertz CT molecular complexity index is 252. The molecule has 0 radical (unpaired) electrons. The van der Waals surface area contributed by atoms with Crippen molar-refractivity contribution in [2.24, 2.45) is 16.7 Å². The predicted molar refractivity (Wildman–Crippen MR) is 43.0 cm³/mol. The summed E-state index contributed by atoms with van der Waals surface area (Å²) in [5.41, 5.74) is 0.924. The Hall–Kier alpha value is -0.460. The van der Waals surface area contributed by atoms with E-state index in [0.717, 1.165) is 12.5 Å². The number of hydrogen-bond donors (Lipinski definition) is 0. The van der Waals surface area contributed by atoms with Gasteiger partial charge in [-0.3, -0.25) is 0 Å². The second-order valence-corrected chi connectivity index (χ2v) is 4.85. The van der Waals surface area contributed by atoms with Crippen molar-refractivity contribution in [2.45, 2.75) is 26.7 Å². The van der Waals surface area contributed by atoms with Crippen molar-refractivity contribution in [3.05, 3.63) is 11.8 Å². The normalized spacial score (nSPS) is 49.3. The van der Waals surface area contributed by atoms with Gasteiger partial charge in [-0.2, -0.15) is 0 Å². The van der Waals surface area contributed by atoms with Gasteiger partial charge in [-0.25, -0.2) is 0 Å². The first-order chi connectivity index (χ1) is 5.17. The van der Waals surface area contributed by atoms with E-state index in [2.05, 4.69) is 19.9 Å². The second kappa shape index (κ2) is 1.37. The summed E-state index contributed by atoms with van der Waals surface area (Å²) in [7, 11) is 0. The van der Waals surface area contributed by atoms with Gasteiger partial charge in [0.05, 0.1) is 12.4 Å². The van der Waals surface area contributed by atoms with Crippen LogP contribution in [0.5, 0.6) is 0 Å². The van der Waals surface area contributed by atoms with Crippen LogP contribution in [0.2, 0.25) is 0 Å². The zero-order chi connectivity index (χ0) is 7.69. The van der Waals surface area contributed by atoms with Crippen molar-refractivity contribution in [3.8, 4) is 0 Å². The first kappa shape index (κ1) is 6.10. The fourth-order valence-corrected chi connectivity index (χ4v) is 3.08. The largest absolute Gasteiger partial charge is 0.497 e. The Kier molecular flexibility index (Phi) is 0.759. The average molecular weight is 150 g/mol. The molecular formula is C10H14O. The summed E-state index contributed by atoms with van der Waals surface area (Å²) in [4.78, 5) is 0. The van der Waals surface area contributed by atoms with Gasteiger partial charge in [-0.1, -0.05) is 13.8 Å². The Balaban J connectivity index is 2.13. The Morgan fingerprint density at radius 3 is 3.00 bits per heavy atom. The molecule has 0 aromatic carbocycles. The highest BCUT2D eigenvalue weighted by Crippen LogP contribution is 2.75. The van der Waals surface area contributed by atoms with Gasteiger partial charge in [0.1, 0.15) is 0 Å². The van der Waals surface area contributed by atoms with E-state index in [9.17, 15) is 0 Å². The molecule has 2 atom stereocenters. The van der Waals surface area contributed by atoms with E-state index in [1.807, 2.05) is 0 Å². The van der Waals surface area contributed by atoms with Gasteiger partial charge in [0.2, 0.25) is 0 Å². The van der Waals surface area contributed by atoms with Gasteiger partial charge < -0.3 is 4.74 Å². The number of allylic oxidation sites excluding steroid dienone is 2. The van der Waals surface area contributed by atoms with Gasteiger partial charge in [-0.15, -0.1) is 0 Å². The molecular weight excluding hydrogens is 136 g/mol. The lowest BCUT2D eigenvalue weighted by Gasteiger charge is -2.22. The second-order valence-electron chi connectivity index (χ2n) is 4.85. The minimum Gasteiger partial charge on any atom is -0.497 e. The molecule has 0 aromatic rings. The molecule has 0 amide bonds. The maximum atomic E-state index is 5.70. The fraction of sp³-hybridized carbons (Fsp3) is 0.800. The molecule has 2 unspecified atom stereocenters. The van der Waals surface area contributed by atoms with Crippen molar-refractivity contribution < 1.29 is 4.74 Å². The summed E-state index contributed by atoms with van der Waals surface area (Å²) in [5, 5.41) is 0. The molecule has 1 heterocycles. The zero-order valence-electron chi connectivity index (χ0n) is 7.18. The van der Waals surface area contributed by atoms with Crippen LogP contribution >= 0.6 is 0 Å². The SMILES string of the molecule is CC1(C)COC2=CCC3CC231. The molecule has 1 spiro atoms. The van der Waals surface area contributed by atoms with E-state index >= 15 is 0 Å². The summed E-state index contributed by atoms with van der Waals surface area (Å²) >= 11 is 0. The van der Waals surface area contributed by atoms with Gasteiger partial charge >= 0.3 is 0 Å². The number of rotatable bonds is 0. The standard InChI is InChI=1S/C10H14O/c1-9(2)6-11-8-4-3-7-5-10(7,8)9/h4,7H,3,5-6H2,1-2H3. The number of hydrogen-bond acceptors (Lipinski definition) is 1. The highest BCUT2D eigenvalue weighted by molar-refractivity contribution is 5.34. The average Bonchev–Trinajstić information content (AvgIpc) is 2.49. The monoisotopic (exact) mass is 150 g/mol. The molecule has 1 heteroatoms. The third-order valence-corrected chi connectivity index (χ3v) is 3.93. The van der Waals surface area contributed by atoms with Crippen LogP contribution in [0.4, 0.5) is 0 Å². The topological polar surface area (TPSA) is 9.23 Å². The Morgan fingerprint density at radius 1 is 1.55 bits per heavy atom. The third kappa shape index (κ3) is 0.455. The van der Waals surface area contributed by atoms with E-state index in [1.54, 1.807) is 0 Å². The molecule has 3 aliphatic rings. The number of ether oxygens (including phenoxy) is 1. The molecule has 2 fully saturated rings. The maximum Gasteiger partial charge on any atom is 0.0991 e. The Morgan fingerprint density at radius 2 is 2.36 bits per heavy atom. The van der Waals surface area contributed by atoms with E-state index in [1.165, 1.54) is 18.6 Å². The van der Waals surface area contributed by atoms with Crippen LogP contribution in [0.15, 0.2) is 11.8 Å². The van der Waals surface area contributed by atoms with E-state index in [4.69, 9.17) is 4.74 Å². The molecule has 1 saturated heterocycles. The van der Waals surface area contributed by atoms with Crippen LogP contribution < -0.4 is 0 Å². The summed E-state index contributed by atoms with van der Waals surface area (Å²) < 4.78 is 5.70. The van der Waals surface area contributed by atoms with Crippen molar-refractivity contribution in [1.29, 1.82) is 0 Å². The summed E-state index contributed by atoms with van der Waals surface area (Å²) in [6, 6.07) is 0. The summed E-state index contributed by atoms with van der Waals surface area (Å²) in [6.07, 6.45) is 4.98. The minimum absolute atomic E-state index is 0.417. The molecule has 0 bridgehead atoms. The molecule has 60 valence electrons. The minimum atomic E-state index is 0.417. The molecule has 1 nitrogen and oxygen atoms in total. The lowest BCUT2D eigenvalue weighted by molar-refractivity contribution is 0.191. The van der Waals surface area contributed by atoms with Crippen molar-refractivity contribution in [1.82, 2.24) is 0 Å². The smallest absolute Gasteiger partial charge is 0.0991 e. The predicted octanol–water partition coefficient (Wildman–Crippen LogP) is 2.34. The molecule has 1 saturated carbocycles. The first-order valence-corrected chi connectivity index (χ1v) is 4.50. The molecule has 2 aliphatic carbocycles. The summed E-state index contributed by atoms with van der Waals surface area (Å²) in [5.74, 6) is 2.27. The van der Waals surface area contributed by atoms with Crippen LogP contribution in [-0.2, 0) is 4.74 Å². The summed E-state index contributed by atoms with van der Waals surface area (Å²) in [6.45, 7) is 5.63. The molecule has 11 heavy (non-hydrogen) atoms. The van der Waals surface area contributed by atoms with Crippen molar-refractivity contribution in [3.63, 3.8) is 0 Å². The molecule has 3 rings (SSSR count). The van der Waals surface area contributed by atoms with Crippen LogP contribution in [-0.4, -0.2) is 6.61 Å². The highest BCUT2D eigenvalue weighted by atomic mass is 16.5. The van der Waals surface area contributed by atoms with Crippen LogP contribution in [0.3, 0.4) is 0 Å². The fourth-order valence-electron chi connectivity index (χ4n) is 3.08. The van der Waals surface area contributed by atoms with E-state index in [-0.39, 0.29) is 0 Å². The first-order valence-electron chi connectivity index (χ1n) is 4.50. The highest BCUT2D eigenvalue weighted by Gasteiger charge is 2.70. The van der Waals surface area contributed by atoms with Gasteiger partial charge in [0.25, 0.3) is 0 Å². The van der Waals surface area contributed by atoms with Crippen molar-refractivity contribution >= 4 is 0 Å². The van der Waals surface area contributed by atoms with Gasteiger partial charge in [0.15, 0.2) is 0 Å². The molecule has 0 N–H and O–H groups in total. The van der Waals surface area contributed by atoms with Crippen molar-refractivity contribution in [2.75, 3.05) is 6.61 Å². The van der Waals surface area contributed by atoms with E-state index in [0.29, 0.717) is 10.8 Å².